The number of methoxy groups -OCH3 is 2. The van der Waals surface area contributed by atoms with Crippen LogP contribution in [0.2, 0.25) is 0 Å². The van der Waals surface area contributed by atoms with Gasteiger partial charge >= 0.3 is 5.97 Å². The van der Waals surface area contributed by atoms with E-state index >= 15 is 0 Å². The van der Waals surface area contributed by atoms with Gasteiger partial charge in [0.2, 0.25) is 15.8 Å². The normalized spacial score (nSPS) is 13.1. The van der Waals surface area contributed by atoms with Gasteiger partial charge in [0.25, 0.3) is 0 Å². The molecule has 0 fully saturated rings. The molecule has 0 spiro atoms. The predicted molar refractivity (Wildman–Crippen MR) is 112 cm³/mol. The molecule has 0 saturated heterocycles. The van der Waals surface area contributed by atoms with Crippen molar-refractivity contribution in [2.45, 2.75) is 11.3 Å². The molecule has 0 radical (unpaired) electrons. The maximum Gasteiger partial charge on any atom is 0.321 e. The summed E-state index contributed by atoms with van der Waals surface area (Å²) in [6.45, 7) is -0.343. The van der Waals surface area contributed by atoms with Gasteiger partial charge in [0.05, 0.1) is 37.9 Å². The Kier molecular flexibility index (Phi) is 7.54. The van der Waals surface area contributed by atoms with Gasteiger partial charge < -0.3 is 23.7 Å². The topological polar surface area (TPSA) is 126 Å². The standard InChI is InChI=1S/C21H23NO9S/c1-27-14-4-6-16(19(10-14)28-2)17(23)13-31-21(24)12-22-32(25,26)15-5-7-18-20(11-15)30-9-3-8-29-18/h4-7,10-11,22H,3,8-9,12-13H2,1-2H3. The first-order chi connectivity index (χ1) is 15.3. The van der Waals surface area contributed by atoms with Gasteiger partial charge in [-0.15, -0.1) is 0 Å². The maximum absolute atomic E-state index is 12.5. The van der Waals surface area contributed by atoms with Crippen molar-refractivity contribution in [2.24, 2.45) is 0 Å². The Bertz CT molecular complexity index is 1100. The lowest BCUT2D eigenvalue weighted by Crippen LogP contribution is -2.31. The summed E-state index contributed by atoms with van der Waals surface area (Å²) < 4.78 is 53.2. The number of esters is 1. The molecule has 172 valence electrons. The third-order valence-electron chi connectivity index (χ3n) is 4.51. The third kappa shape index (κ3) is 5.68. The van der Waals surface area contributed by atoms with E-state index in [4.69, 9.17) is 23.7 Å². The van der Waals surface area contributed by atoms with Crippen molar-refractivity contribution in [3.05, 3.63) is 42.0 Å². The minimum absolute atomic E-state index is 0.0893. The summed E-state index contributed by atoms with van der Waals surface area (Å²) in [5, 5.41) is 0. The van der Waals surface area contributed by atoms with Crippen LogP contribution in [0.15, 0.2) is 41.3 Å². The second-order valence-corrected chi connectivity index (χ2v) is 8.40. The van der Waals surface area contributed by atoms with Gasteiger partial charge in [0.1, 0.15) is 18.0 Å². The van der Waals surface area contributed by atoms with Crippen LogP contribution < -0.4 is 23.7 Å². The van der Waals surface area contributed by atoms with E-state index < -0.39 is 34.9 Å². The highest BCUT2D eigenvalue weighted by atomic mass is 32.2. The number of ketones is 1. The number of hydrogen-bond acceptors (Lipinski definition) is 9. The molecule has 0 bridgehead atoms. The van der Waals surface area contributed by atoms with Crippen LogP contribution >= 0.6 is 0 Å². The van der Waals surface area contributed by atoms with Gasteiger partial charge in [-0.1, -0.05) is 0 Å². The summed E-state index contributed by atoms with van der Waals surface area (Å²) in [4.78, 5) is 24.3. The lowest BCUT2D eigenvalue weighted by atomic mass is 10.1. The summed E-state index contributed by atoms with van der Waals surface area (Å²) in [5.74, 6) is 0.104. The number of carbonyl (C=O) groups excluding carboxylic acids is 2. The molecule has 10 nitrogen and oxygen atoms in total. The molecule has 0 saturated carbocycles. The predicted octanol–water partition coefficient (Wildman–Crippen LogP) is 1.57. The number of nitrogens with one attached hydrogen (secondary N) is 1. The first-order valence-corrected chi connectivity index (χ1v) is 11.1. The van der Waals surface area contributed by atoms with E-state index in [0.29, 0.717) is 36.9 Å². The number of sulfonamides is 1. The van der Waals surface area contributed by atoms with Crippen LogP contribution in [-0.4, -0.2) is 60.8 Å². The zero-order valence-corrected chi connectivity index (χ0v) is 18.4. The number of hydrogen-bond donors (Lipinski definition) is 1. The molecule has 0 aromatic heterocycles. The molecular formula is C21H23NO9S. The number of rotatable bonds is 9. The Balaban J connectivity index is 1.56. The Hall–Kier alpha value is -3.31. The van der Waals surface area contributed by atoms with E-state index in [0.717, 1.165) is 0 Å². The van der Waals surface area contributed by atoms with Gasteiger partial charge in [-0.25, -0.2) is 8.42 Å². The molecule has 1 aliphatic heterocycles. The van der Waals surface area contributed by atoms with E-state index in [-0.39, 0.29) is 16.2 Å². The van der Waals surface area contributed by atoms with Crippen LogP contribution in [0.1, 0.15) is 16.8 Å². The molecular weight excluding hydrogens is 442 g/mol. The fourth-order valence-electron chi connectivity index (χ4n) is 2.85. The highest BCUT2D eigenvalue weighted by Crippen LogP contribution is 2.31. The van der Waals surface area contributed by atoms with E-state index in [1.807, 2.05) is 0 Å². The van der Waals surface area contributed by atoms with Crippen LogP contribution in [0.5, 0.6) is 23.0 Å². The average molecular weight is 465 g/mol. The molecule has 1 aliphatic rings. The van der Waals surface area contributed by atoms with Crippen molar-refractivity contribution in [1.82, 2.24) is 4.72 Å². The lowest BCUT2D eigenvalue weighted by molar-refractivity contribution is -0.141. The smallest absolute Gasteiger partial charge is 0.321 e. The number of benzene rings is 2. The van der Waals surface area contributed by atoms with E-state index in [9.17, 15) is 18.0 Å². The van der Waals surface area contributed by atoms with Crippen molar-refractivity contribution in [3.63, 3.8) is 0 Å². The largest absolute Gasteiger partial charge is 0.497 e. The minimum Gasteiger partial charge on any atom is -0.497 e. The Morgan fingerprint density at radius 2 is 1.75 bits per heavy atom. The molecule has 2 aromatic carbocycles. The number of carbonyl (C=O) groups is 2. The van der Waals surface area contributed by atoms with Gasteiger partial charge in [-0.05, 0) is 24.3 Å². The van der Waals surface area contributed by atoms with Gasteiger partial charge in [0.15, 0.2) is 18.1 Å². The van der Waals surface area contributed by atoms with Crippen LogP contribution in [0.4, 0.5) is 0 Å². The SMILES string of the molecule is COc1ccc(C(=O)COC(=O)CNS(=O)(=O)c2ccc3c(c2)OCCCO3)c(OC)c1. The molecule has 2 aromatic rings. The number of Topliss-reactive ketones (excluding diaryl/α,β-unsaturated/α-hetero) is 1. The minimum atomic E-state index is -4.02. The Labute approximate surface area is 185 Å². The fraction of sp³-hybridized carbons (Fsp3) is 0.333. The summed E-state index contributed by atoms with van der Waals surface area (Å²) in [7, 11) is -1.14. The Morgan fingerprint density at radius 3 is 2.47 bits per heavy atom. The molecule has 0 atom stereocenters. The Morgan fingerprint density at radius 1 is 1.00 bits per heavy atom. The zero-order valence-electron chi connectivity index (χ0n) is 17.6. The summed E-state index contributed by atoms with van der Waals surface area (Å²) in [6.07, 6.45) is 0.683. The van der Waals surface area contributed by atoms with Crippen molar-refractivity contribution in [2.75, 3.05) is 40.6 Å². The number of ether oxygens (including phenoxy) is 5. The molecule has 3 rings (SSSR count). The van der Waals surface area contributed by atoms with Gasteiger partial charge in [-0.2, -0.15) is 4.72 Å². The van der Waals surface area contributed by atoms with Crippen molar-refractivity contribution in [1.29, 1.82) is 0 Å². The highest BCUT2D eigenvalue weighted by Gasteiger charge is 2.21. The second-order valence-electron chi connectivity index (χ2n) is 6.63. The lowest BCUT2D eigenvalue weighted by Gasteiger charge is -2.11. The van der Waals surface area contributed by atoms with Crippen LogP contribution in [-0.2, 0) is 19.6 Å². The van der Waals surface area contributed by atoms with E-state index in [1.54, 1.807) is 6.07 Å². The molecule has 0 unspecified atom stereocenters. The average Bonchev–Trinajstić information content (AvgIpc) is 3.05. The van der Waals surface area contributed by atoms with Crippen molar-refractivity contribution < 1.29 is 41.7 Å². The molecule has 0 amide bonds. The fourth-order valence-corrected chi connectivity index (χ4v) is 3.84. The summed E-state index contributed by atoms with van der Waals surface area (Å²) >= 11 is 0. The van der Waals surface area contributed by atoms with Gasteiger partial charge in [-0.3, -0.25) is 9.59 Å². The first kappa shape index (κ1) is 23.4. The maximum atomic E-state index is 12.5. The number of fused-ring (bicyclic) bond motifs is 1. The molecule has 32 heavy (non-hydrogen) atoms. The quantitative estimate of drug-likeness (QED) is 0.434. The zero-order chi connectivity index (χ0) is 23.1. The summed E-state index contributed by atoms with van der Waals surface area (Å²) in [5.41, 5.74) is 0.203. The third-order valence-corrected chi connectivity index (χ3v) is 5.91. The monoisotopic (exact) mass is 465 g/mol. The second kappa shape index (κ2) is 10.3. The molecule has 0 aliphatic carbocycles. The van der Waals surface area contributed by atoms with E-state index in [2.05, 4.69) is 4.72 Å². The van der Waals surface area contributed by atoms with Crippen LogP contribution in [0.25, 0.3) is 0 Å². The van der Waals surface area contributed by atoms with Crippen molar-refractivity contribution >= 4 is 21.8 Å². The van der Waals surface area contributed by atoms with Gasteiger partial charge in [0, 0.05) is 18.6 Å². The van der Waals surface area contributed by atoms with E-state index in [1.165, 1.54) is 44.6 Å². The molecule has 11 heteroatoms. The van der Waals surface area contributed by atoms with Crippen LogP contribution in [0, 0.1) is 0 Å². The molecule has 1 heterocycles. The highest BCUT2D eigenvalue weighted by molar-refractivity contribution is 7.89. The first-order valence-electron chi connectivity index (χ1n) is 9.64. The van der Waals surface area contributed by atoms with Crippen LogP contribution in [0.3, 0.4) is 0 Å². The van der Waals surface area contributed by atoms with Crippen molar-refractivity contribution in [3.8, 4) is 23.0 Å². The molecule has 1 N–H and O–H groups in total. The summed E-state index contributed by atoms with van der Waals surface area (Å²) in [6, 6.07) is 8.75.